The molecule has 0 spiro atoms. The third kappa shape index (κ3) is 7.66. The minimum atomic E-state index is -0.305. The lowest BCUT2D eigenvalue weighted by Crippen LogP contribution is -2.37. The topological polar surface area (TPSA) is 52.6 Å². The van der Waals surface area contributed by atoms with E-state index in [0.29, 0.717) is 12.8 Å². The number of hydrogen-bond donors (Lipinski definition) is 0. The van der Waals surface area contributed by atoms with Crippen LogP contribution in [0.4, 0.5) is 0 Å². The molecule has 0 saturated heterocycles. The summed E-state index contributed by atoms with van der Waals surface area (Å²) in [6.07, 6.45) is 6.97. The molecule has 2 aromatic rings. The first-order chi connectivity index (χ1) is 14.7. The van der Waals surface area contributed by atoms with Gasteiger partial charge in [0.1, 0.15) is 12.2 Å². The van der Waals surface area contributed by atoms with E-state index in [9.17, 15) is 9.59 Å². The highest BCUT2D eigenvalue weighted by molar-refractivity contribution is 5.70. The summed E-state index contributed by atoms with van der Waals surface area (Å²) >= 11 is 0. The summed E-state index contributed by atoms with van der Waals surface area (Å²) in [7, 11) is 0. The molecule has 0 radical (unpaired) electrons. The van der Waals surface area contributed by atoms with Crippen LogP contribution in [0.2, 0.25) is 0 Å². The molecule has 1 aliphatic rings. The number of esters is 2. The van der Waals surface area contributed by atoms with Gasteiger partial charge in [0, 0.05) is 12.8 Å². The number of carbonyl (C=O) groups excluding carboxylic acids is 2. The highest BCUT2D eigenvalue weighted by Crippen LogP contribution is 2.25. The number of rotatable bonds is 10. The molecule has 0 heterocycles. The summed E-state index contributed by atoms with van der Waals surface area (Å²) in [6.45, 7) is 0. The normalized spacial score (nSPS) is 18.5. The average Bonchev–Trinajstić information content (AvgIpc) is 2.77. The maximum Gasteiger partial charge on any atom is 0.306 e. The van der Waals surface area contributed by atoms with Gasteiger partial charge in [-0.25, -0.2) is 0 Å². The third-order valence-corrected chi connectivity index (χ3v) is 5.59. The van der Waals surface area contributed by atoms with Gasteiger partial charge in [-0.15, -0.1) is 0 Å². The van der Waals surface area contributed by atoms with Gasteiger partial charge < -0.3 is 9.47 Å². The summed E-state index contributed by atoms with van der Waals surface area (Å²) in [6, 6.07) is 20.3. The third-order valence-electron chi connectivity index (χ3n) is 5.59. The molecule has 2 aromatic carbocycles. The second-order valence-corrected chi connectivity index (χ2v) is 8.02. The first kappa shape index (κ1) is 22.1. The Balaban J connectivity index is 1.38. The Morgan fingerprint density at radius 2 is 1.07 bits per heavy atom. The maximum absolute atomic E-state index is 12.3. The fourth-order valence-electron chi connectivity index (χ4n) is 3.95. The maximum atomic E-state index is 12.3. The van der Waals surface area contributed by atoms with E-state index in [2.05, 4.69) is 24.3 Å². The van der Waals surface area contributed by atoms with Gasteiger partial charge in [-0.3, -0.25) is 9.59 Å². The van der Waals surface area contributed by atoms with Gasteiger partial charge in [-0.05, 0) is 62.5 Å². The van der Waals surface area contributed by atoms with Crippen LogP contribution in [0.1, 0.15) is 62.5 Å². The number of carbonyl (C=O) groups is 2. The van der Waals surface area contributed by atoms with Gasteiger partial charge in [0.05, 0.1) is 0 Å². The molecule has 1 fully saturated rings. The Kier molecular flexibility index (Phi) is 8.95. The van der Waals surface area contributed by atoms with Crippen molar-refractivity contribution < 1.29 is 19.1 Å². The van der Waals surface area contributed by atoms with Crippen LogP contribution < -0.4 is 0 Å². The average molecular weight is 409 g/mol. The van der Waals surface area contributed by atoms with Crippen LogP contribution in [0.3, 0.4) is 0 Å². The zero-order chi connectivity index (χ0) is 21.0. The zero-order valence-corrected chi connectivity index (χ0v) is 17.6. The van der Waals surface area contributed by atoms with E-state index in [0.717, 1.165) is 51.4 Å². The van der Waals surface area contributed by atoms with Crippen LogP contribution in [-0.4, -0.2) is 24.1 Å². The molecule has 4 heteroatoms. The van der Waals surface area contributed by atoms with E-state index in [1.165, 1.54) is 11.1 Å². The van der Waals surface area contributed by atoms with Gasteiger partial charge in [0.15, 0.2) is 0 Å². The predicted molar refractivity (Wildman–Crippen MR) is 117 cm³/mol. The fraction of sp³-hybridized carbons (Fsp3) is 0.462. The molecule has 160 valence electrons. The van der Waals surface area contributed by atoms with Crippen LogP contribution in [0.15, 0.2) is 60.7 Å². The largest absolute Gasteiger partial charge is 0.458 e. The number of aryl methyl sites for hydroxylation is 2. The lowest BCUT2D eigenvalue weighted by molar-refractivity contribution is -0.171. The van der Waals surface area contributed by atoms with Crippen LogP contribution in [0.5, 0.6) is 0 Å². The lowest BCUT2D eigenvalue weighted by atomic mass is 9.94. The van der Waals surface area contributed by atoms with E-state index in [4.69, 9.17) is 9.47 Å². The van der Waals surface area contributed by atoms with Gasteiger partial charge in [0.25, 0.3) is 0 Å². The van der Waals surface area contributed by atoms with E-state index in [1.807, 2.05) is 36.4 Å². The summed E-state index contributed by atoms with van der Waals surface area (Å²) in [5.41, 5.74) is 2.45. The molecule has 1 aliphatic carbocycles. The number of ether oxygens (including phenoxy) is 2. The quantitative estimate of drug-likeness (QED) is 0.492. The highest BCUT2D eigenvalue weighted by atomic mass is 16.6. The fourth-order valence-corrected chi connectivity index (χ4v) is 3.95. The van der Waals surface area contributed by atoms with Gasteiger partial charge in [-0.1, -0.05) is 60.7 Å². The molecule has 0 bridgehead atoms. The molecule has 0 unspecified atom stereocenters. The van der Waals surface area contributed by atoms with Crippen molar-refractivity contribution in [2.75, 3.05) is 0 Å². The monoisotopic (exact) mass is 408 g/mol. The molecule has 4 nitrogen and oxygen atoms in total. The first-order valence-electron chi connectivity index (χ1n) is 11.2. The van der Waals surface area contributed by atoms with Crippen LogP contribution >= 0.6 is 0 Å². The zero-order valence-electron chi connectivity index (χ0n) is 17.6. The van der Waals surface area contributed by atoms with Crippen molar-refractivity contribution >= 4 is 11.9 Å². The van der Waals surface area contributed by atoms with E-state index < -0.39 is 0 Å². The molecule has 0 aromatic heterocycles. The lowest BCUT2D eigenvalue weighted by Gasteiger charge is -2.30. The van der Waals surface area contributed by atoms with E-state index >= 15 is 0 Å². The van der Waals surface area contributed by atoms with Crippen LogP contribution in [0, 0.1) is 0 Å². The summed E-state index contributed by atoms with van der Waals surface area (Å²) < 4.78 is 11.4. The minimum absolute atomic E-state index is 0.192. The van der Waals surface area contributed by atoms with Crippen molar-refractivity contribution in [3.63, 3.8) is 0 Å². The van der Waals surface area contributed by atoms with E-state index in [1.54, 1.807) is 0 Å². The van der Waals surface area contributed by atoms with Crippen molar-refractivity contribution in [3.8, 4) is 0 Å². The minimum Gasteiger partial charge on any atom is -0.458 e. The van der Waals surface area contributed by atoms with E-state index in [-0.39, 0.29) is 24.1 Å². The Morgan fingerprint density at radius 1 is 0.667 bits per heavy atom. The van der Waals surface area contributed by atoms with Crippen molar-refractivity contribution in [2.45, 2.75) is 76.4 Å². The molecule has 3 rings (SSSR count). The molecule has 0 aliphatic heterocycles. The Bertz CT molecular complexity index is 705. The van der Waals surface area contributed by atoms with Crippen LogP contribution in [0.25, 0.3) is 0 Å². The molecular formula is C26H32O4. The predicted octanol–water partition coefficient (Wildman–Crippen LogP) is 5.43. The van der Waals surface area contributed by atoms with Crippen molar-refractivity contribution in [1.29, 1.82) is 0 Å². The molecular weight excluding hydrogens is 376 g/mol. The summed E-state index contributed by atoms with van der Waals surface area (Å²) in [5, 5.41) is 0. The van der Waals surface area contributed by atoms with Gasteiger partial charge >= 0.3 is 11.9 Å². The summed E-state index contributed by atoms with van der Waals surface area (Å²) in [4.78, 5) is 24.6. The van der Waals surface area contributed by atoms with Crippen molar-refractivity contribution in [1.82, 2.24) is 0 Å². The van der Waals surface area contributed by atoms with Crippen molar-refractivity contribution in [2.24, 2.45) is 0 Å². The molecule has 2 atom stereocenters. The highest BCUT2D eigenvalue weighted by Gasteiger charge is 2.31. The SMILES string of the molecule is O=C(CCCc1ccccc1)O[C@H]1CCCC[C@H]1OC(=O)CCCc1ccccc1. The molecule has 30 heavy (non-hydrogen) atoms. The molecule has 0 amide bonds. The standard InChI is InChI=1S/C26H32O4/c27-25(19-9-15-21-11-3-1-4-12-21)29-23-17-7-8-18-24(23)30-26(28)20-10-16-22-13-5-2-6-14-22/h1-6,11-14,23-24H,7-10,15-20H2/t23-,24+. The molecule has 1 saturated carbocycles. The summed E-state index contributed by atoms with van der Waals surface area (Å²) in [5.74, 6) is -0.383. The Labute approximate surface area is 179 Å². The Hall–Kier alpha value is -2.62. The number of hydrogen-bond acceptors (Lipinski definition) is 4. The molecule has 0 N–H and O–H groups in total. The smallest absolute Gasteiger partial charge is 0.306 e. The van der Waals surface area contributed by atoms with Crippen LogP contribution in [-0.2, 0) is 31.9 Å². The number of benzene rings is 2. The second kappa shape index (κ2) is 12.2. The first-order valence-corrected chi connectivity index (χ1v) is 11.2. The van der Waals surface area contributed by atoms with Crippen molar-refractivity contribution in [3.05, 3.63) is 71.8 Å². The Morgan fingerprint density at radius 3 is 1.47 bits per heavy atom. The van der Waals surface area contributed by atoms with Gasteiger partial charge in [-0.2, -0.15) is 0 Å². The van der Waals surface area contributed by atoms with Gasteiger partial charge in [0.2, 0.25) is 0 Å². The second-order valence-electron chi connectivity index (χ2n) is 8.02.